The maximum Gasteiger partial charge on any atom is 0.338 e. The summed E-state index contributed by atoms with van der Waals surface area (Å²) >= 11 is 11.2. The van der Waals surface area contributed by atoms with Crippen LogP contribution in [-0.4, -0.2) is 46.3 Å². The molecule has 120 valence electrons. The van der Waals surface area contributed by atoms with Crippen LogP contribution in [0.15, 0.2) is 24.5 Å². The molecule has 1 aromatic rings. The molecule has 1 heterocycles. The Bertz CT molecular complexity index is 541. The minimum absolute atomic E-state index is 0.0984. The molecule has 0 amide bonds. The van der Waals surface area contributed by atoms with Crippen LogP contribution in [0.4, 0.5) is 0 Å². The summed E-state index contributed by atoms with van der Waals surface area (Å²) in [4.78, 5) is 15.4. The largest absolute Gasteiger partial charge is 0.460 e. The Morgan fingerprint density at radius 1 is 1.38 bits per heavy atom. The molecule has 21 heavy (non-hydrogen) atoms. The van der Waals surface area contributed by atoms with Gasteiger partial charge >= 0.3 is 5.97 Å². The Labute approximate surface area is 133 Å². The number of halogens is 2. The van der Waals surface area contributed by atoms with Gasteiger partial charge in [0.1, 0.15) is 6.61 Å². The second-order valence-electron chi connectivity index (χ2n) is 4.59. The normalized spacial score (nSPS) is 11.6. The van der Waals surface area contributed by atoms with E-state index in [1.807, 2.05) is 0 Å². The van der Waals surface area contributed by atoms with Crippen molar-refractivity contribution in [2.75, 3.05) is 12.9 Å². The third kappa shape index (κ3) is 10.4. The van der Waals surface area contributed by atoms with Crippen LogP contribution in [0.1, 0.15) is 24.2 Å². The minimum atomic E-state index is -3.67. The van der Waals surface area contributed by atoms with Gasteiger partial charge in [-0.1, -0.05) is 0 Å². The molecule has 0 aromatic carbocycles. The summed E-state index contributed by atoms with van der Waals surface area (Å²) in [6.45, 7) is 3.61. The van der Waals surface area contributed by atoms with Gasteiger partial charge in [-0.05, 0) is 49.5 Å². The summed E-state index contributed by atoms with van der Waals surface area (Å²) in [6.07, 6.45) is 3.77. The van der Waals surface area contributed by atoms with Crippen molar-refractivity contribution in [1.29, 1.82) is 0 Å². The van der Waals surface area contributed by atoms with Gasteiger partial charge in [-0.25, -0.2) is 4.79 Å². The zero-order valence-corrected chi connectivity index (χ0v) is 14.0. The number of hydrogen-bond donors (Lipinski definition) is 1. The van der Waals surface area contributed by atoms with Crippen LogP contribution in [0.25, 0.3) is 0 Å². The summed E-state index contributed by atoms with van der Waals surface area (Å²) in [7, 11) is -3.67. The summed E-state index contributed by atoms with van der Waals surface area (Å²) in [5.41, 5.74) is -0.187. The van der Waals surface area contributed by atoms with Crippen LogP contribution in [0.3, 0.4) is 0 Å². The third-order valence-electron chi connectivity index (χ3n) is 1.93. The number of pyridine rings is 1. The van der Waals surface area contributed by atoms with E-state index >= 15 is 0 Å². The predicted molar refractivity (Wildman–Crippen MR) is 79.6 cm³/mol. The first-order chi connectivity index (χ1) is 9.43. The minimum Gasteiger partial charge on any atom is -0.460 e. The van der Waals surface area contributed by atoms with E-state index in [0.717, 1.165) is 3.94 Å². The second kappa shape index (κ2) is 8.50. The van der Waals surface area contributed by atoms with E-state index in [0.29, 0.717) is 11.8 Å². The van der Waals surface area contributed by atoms with Crippen LogP contribution in [0.5, 0.6) is 0 Å². The van der Waals surface area contributed by atoms with Gasteiger partial charge in [0.2, 0.25) is 0 Å². The van der Waals surface area contributed by atoms with Crippen molar-refractivity contribution in [3.63, 3.8) is 0 Å². The van der Waals surface area contributed by atoms with Crippen molar-refractivity contribution in [2.45, 2.75) is 19.4 Å². The van der Waals surface area contributed by atoms with Crippen molar-refractivity contribution < 1.29 is 22.5 Å². The molecule has 0 fully saturated rings. The topological polar surface area (TPSA) is 96.8 Å². The van der Waals surface area contributed by atoms with Gasteiger partial charge in [0, 0.05) is 12.4 Å². The Balaban J connectivity index is 0.000000690. The molecule has 0 unspecified atom stereocenters. The van der Waals surface area contributed by atoms with Crippen LogP contribution in [0.2, 0.25) is 0 Å². The highest BCUT2D eigenvalue weighted by molar-refractivity contribution is 7.85. The number of aromatic nitrogens is 1. The van der Waals surface area contributed by atoms with Gasteiger partial charge in [0.05, 0.1) is 17.4 Å². The van der Waals surface area contributed by atoms with Gasteiger partial charge < -0.3 is 4.74 Å². The lowest BCUT2D eigenvalue weighted by atomic mass is 10.1. The molecule has 0 radical (unpaired) electrons. The van der Waals surface area contributed by atoms with Crippen molar-refractivity contribution in [2.24, 2.45) is 0 Å². The molecule has 0 bridgehead atoms. The van der Waals surface area contributed by atoms with E-state index in [-0.39, 0.29) is 6.61 Å². The summed E-state index contributed by atoms with van der Waals surface area (Å²) in [5, 5.41) is 0. The monoisotopic (exact) mass is 358 g/mol. The molecule has 0 aliphatic carbocycles. The molecule has 1 rings (SSSR count). The average Bonchev–Trinajstić information content (AvgIpc) is 2.35. The van der Waals surface area contributed by atoms with Crippen molar-refractivity contribution in [3.8, 4) is 0 Å². The molecule has 1 aromatic heterocycles. The number of esters is 1. The fourth-order valence-electron chi connectivity index (χ4n) is 0.862. The SMILES string of the molecule is CC(C)(COC(=O)c1ccncc1)N(Cl)Cl.CS(=O)(=O)O. The fourth-order valence-corrected chi connectivity index (χ4v) is 0.960. The first kappa shape index (κ1) is 20.1. The lowest BCUT2D eigenvalue weighted by molar-refractivity contribution is 0.0373. The lowest BCUT2D eigenvalue weighted by Gasteiger charge is -2.26. The number of rotatable bonds is 4. The van der Waals surface area contributed by atoms with Gasteiger partial charge in [0.25, 0.3) is 10.1 Å². The molecule has 0 aliphatic rings. The fraction of sp³-hybridized carbons (Fsp3) is 0.455. The lowest BCUT2D eigenvalue weighted by Crippen LogP contribution is -2.37. The predicted octanol–water partition coefficient (Wildman–Crippen LogP) is 2.13. The highest BCUT2D eigenvalue weighted by atomic mass is 35.5. The molecule has 0 saturated heterocycles. The number of hydrogen-bond acceptors (Lipinski definition) is 6. The maximum absolute atomic E-state index is 11.6. The van der Waals surface area contributed by atoms with E-state index in [2.05, 4.69) is 4.98 Å². The van der Waals surface area contributed by atoms with Crippen LogP contribution < -0.4 is 0 Å². The molecule has 7 nitrogen and oxygen atoms in total. The second-order valence-corrected chi connectivity index (χ2v) is 6.91. The Morgan fingerprint density at radius 2 is 1.81 bits per heavy atom. The first-order valence-corrected chi connectivity index (χ1v) is 8.07. The van der Waals surface area contributed by atoms with Gasteiger partial charge in [-0.15, -0.1) is 3.94 Å². The Hall–Kier alpha value is -0.930. The van der Waals surface area contributed by atoms with Gasteiger partial charge in [-0.3, -0.25) is 9.54 Å². The van der Waals surface area contributed by atoms with E-state index in [9.17, 15) is 13.2 Å². The van der Waals surface area contributed by atoms with Crippen LogP contribution >= 0.6 is 23.6 Å². The van der Waals surface area contributed by atoms with Gasteiger partial charge in [0.15, 0.2) is 0 Å². The summed E-state index contributed by atoms with van der Waals surface area (Å²) in [6, 6.07) is 3.16. The van der Waals surface area contributed by atoms with E-state index in [1.54, 1.807) is 26.0 Å². The van der Waals surface area contributed by atoms with Crippen LogP contribution in [0, 0.1) is 0 Å². The van der Waals surface area contributed by atoms with Crippen molar-refractivity contribution in [3.05, 3.63) is 30.1 Å². The molecular weight excluding hydrogens is 343 g/mol. The van der Waals surface area contributed by atoms with Crippen molar-refractivity contribution >= 4 is 39.6 Å². The van der Waals surface area contributed by atoms with E-state index in [1.165, 1.54) is 12.4 Å². The average molecular weight is 359 g/mol. The summed E-state index contributed by atoms with van der Waals surface area (Å²) in [5.74, 6) is -0.425. The molecule has 0 saturated carbocycles. The summed E-state index contributed by atoms with van der Waals surface area (Å²) < 4.78 is 31.9. The molecule has 1 N–H and O–H groups in total. The maximum atomic E-state index is 11.6. The Kier molecular flexibility index (Phi) is 8.12. The standard InChI is InChI=1S/C10H12Cl2N2O2.CH4O3S/c1-10(2,14(11)12)7-16-9(15)8-3-5-13-6-4-8;1-5(2,3)4/h3-6H,7H2,1-2H3;1H3,(H,2,3,4). The third-order valence-corrected chi connectivity index (χ3v) is 2.85. The van der Waals surface area contributed by atoms with Gasteiger partial charge in [-0.2, -0.15) is 8.42 Å². The number of nitrogens with zero attached hydrogens (tertiary/aromatic N) is 2. The van der Waals surface area contributed by atoms with E-state index < -0.39 is 21.6 Å². The zero-order valence-electron chi connectivity index (χ0n) is 11.7. The number of ether oxygens (including phenoxy) is 1. The smallest absolute Gasteiger partial charge is 0.338 e. The van der Waals surface area contributed by atoms with Crippen LogP contribution in [-0.2, 0) is 14.9 Å². The molecule has 10 heteroatoms. The zero-order chi connectivity index (χ0) is 16.7. The highest BCUT2D eigenvalue weighted by Crippen LogP contribution is 2.20. The molecule has 0 atom stereocenters. The molecular formula is C11H16Cl2N2O5S. The Morgan fingerprint density at radius 3 is 2.19 bits per heavy atom. The first-order valence-electron chi connectivity index (χ1n) is 5.55. The number of carbonyl (C=O) groups excluding carboxylic acids is 1. The molecule has 0 spiro atoms. The highest BCUT2D eigenvalue weighted by Gasteiger charge is 2.26. The van der Waals surface area contributed by atoms with E-state index in [4.69, 9.17) is 32.8 Å². The quantitative estimate of drug-likeness (QED) is 0.500. The molecule has 0 aliphatic heterocycles. The van der Waals surface area contributed by atoms with Crippen molar-refractivity contribution in [1.82, 2.24) is 8.92 Å². The number of carbonyl (C=O) groups is 1.